The highest BCUT2D eigenvalue weighted by Gasteiger charge is 2.52. The third-order valence-corrected chi connectivity index (χ3v) is 13.2. The van der Waals surface area contributed by atoms with Crippen LogP contribution >= 0.6 is 39.1 Å². The molecule has 5 heterocycles. The molecule has 0 spiro atoms. The molecule has 0 unspecified atom stereocenters. The second-order valence-electron chi connectivity index (χ2n) is 12.9. The summed E-state index contributed by atoms with van der Waals surface area (Å²) in [5.74, 6) is 0. The molecule has 0 amide bonds. The standard InChI is InChI=1S/C20H22BClN2O4S.C14H10BrClN2O2S/c1-13-6-8-15(9-7-13)29(25,26)24-12-17(16-10-14(22)11-23-18(16)24)21-27-19(2,3)20(4,5)28-21;1-9-2-4-11(5-3-9)21(19,20)18-8-13(15)12-6-10(16)7-17-14(12)18/h6-12H,1-5H3;2-8H,1H3. The minimum atomic E-state index is -3.86. The third-order valence-electron chi connectivity index (χ3n) is 8.80. The molecule has 0 saturated carbocycles. The van der Waals surface area contributed by atoms with Gasteiger partial charge in [0.05, 0.1) is 31.0 Å². The van der Waals surface area contributed by atoms with Crippen molar-refractivity contribution in [3.05, 3.63) is 111 Å². The summed E-state index contributed by atoms with van der Waals surface area (Å²) in [7, 11) is -8.29. The lowest BCUT2D eigenvalue weighted by Gasteiger charge is -2.32. The first kappa shape index (κ1) is 36.6. The van der Waals surface area contributed by atoms with Crippen molar-refractivity contribution < 1.29 is 26.1 Å². The van der Waals surface area contributed by atoms with Crippen LogP contribution in [0.4, 0.5) is 0 Å². The van der Waals surface area contributed by atoms with Crippen LogP contribution < -0.4 is 5.46 Å². The highest BCUT2D eigenvalue weighted by molar-refractivity contribution is 9.10. The van der Waals surface area contributed by atoms with Crippen molar-refractivity contribution in [2.75, 3.05) is 0 Å². The van der Waals surface area contributed by atoms with E-state index in [1.54, 1.807) is 60.7 Å². The maximum atomic E-state index is 13.3. The van der Waals surface area contributed by atoms with E-state index in [0.717, 1.165) is 15.1 Å². The second-order valence-corrected chi connectivity index (χ2v) is 18.3. The molecule has 1 aliphatic heterocycles. The molecule has 1 aliphatic rings. The Labute approximate surface area is 309 Å². The first-order valence-electron chi connectivity index (χ1n) is 15.3. The molecule has 1 fully saturated rings. The minimum absolute atomic E-state index is 0.178. The number of fused-ring (bicyclic) bond motifs is 2. The van der Waals surface area contributed by atoms with Crippen LogP contribution in [0.3, 0.4) is 0 Å². The van der Waals surface area contributed by atoms with Gasteiger partial charge in [0.1, 0.15) is 0 Å². The molecule has 6 aromatic rings. The van der Waals surface area contributed by atoms with E-state index in [-0.39, 0.29) is 15.4 Å². The number of rotatable bonds is 5. The van der Waals surface area contributed by atoms with Gasteiger partial charge in [0.2, 0.25) is 0 Å². The average Bonchev–Trinajstić information content (AvgIpc) is 3.66. The summed E-state index contributed by atoms with van der Waals surface area (Å²) in [4.78, 5) is 8.82. The third kappa shape index (κ3) is 6.62. The van der Waals surface area contributed by atoms with Crippen LogP contribution in [0.1, 0.15) is 38.8 Å². The number of benzene rings is 2. The summed E-state index contributed by atoms with van der Waals surface area (Å²) in [5, 5.41) is 2.08. The molecule has 1 saturated heterocycles. The lowest BCUT2D eigenvalue weighted by molar-refractivity contribution is 0.00578. The Morgan fingerprint density at radius 3 is 1.54 bits per heavy atom. The second kappa shape index (κ2) is 13.1. The maximum absolute atomic E-state index is 13.3. The Morgan fingerprint density at radius 2 is 1.08 bits per heavy atom. The Kier molecular flexibility index (Phi) is 9.55. The molecule has 16 heteroatoms. The minimum Gasteiger partial charge on any atom is -0.399 e. The van der Waals surface area contributed by atoms with Crippen LogP contribution in [-0.2, 0) is 29.4 Å². The summed E-state index contributed by atoms with van der Waals surface area (Å²) in [5.41, 5.74) is 2.04. The number of pyridine rings is 2. The van der Waals surface area contributed by atoms with Gasteiger partial charge in [-0.3, -0.25) is 0 Å². The molecule has 2 aromatic carbocycles. The number of hydrogen-bond acceptors (Lipinski definition) is 8. The molecular formula is C34H32BBrCl2N4O6S2. The zero-order valence-corrected chi connectivity index (χ0v) is 32.6. The molecule has 0 bridgehead atoms. The molecule has 7 rings (SSSR count). The SMILES string of the molecule is Cc1ccc(S(=O)(=O)n2cc(B3OC(C)(C)C(C)(C)O3)c3cc(Cl)cnc32)cc1.Cc1ccc(S(=O)(=O)n2cc(Br)c3cc(Cl)cnc32)cc1. The fourth-order valence-electron chi connectivity index (χ4n) is 5.27. The molecule has 0 N–H and O–H groups in total. The van der Waals surface area contributed by atoms with Crippen molar-refractivity contribution in [1.29, 1.82) is 0 Å². The summed E-state index contributed by atoms with van der Waals surface area (Å²) in [6, 6.07) is 16.7. The molecule has 260 valence electrons. The Morgan fingerprint density at radius 1 is 0.680 bits per heavy atom. The van der Waals surface area contributed by atoms with E-state index in [1.807, 2.05) is 41.5 Å². The van der Waals surface area contributed by atoms with Crippen molar-refractivity contribution in [3.63, 3.8) is 0 Å². The number of aromatic nitrogens is 4. The van der Waals surface area contributed by atoms with Gasteiger partial charge >= 0.3 is 7.12 Å². The number of nitrogens with zero attached hydrogens (tertiary/aromatic N) is 4. The van der Waals surface area contributed by atoms with Gasteiger partial charge in [-0.1, -0.05) is 58.6 Å². The van der Waals surface area contributed by atoms with Crippen LogP contribution in [-0.4, -0.2) is 53.1 Å². The van der Waals surface area contributed by atoms with Crippen LogP contribution in [0, 0.1) is 13.8 Å². The summed E-state index contributed by atoms with van der Waals surface area (Å²) >= 11 is 15.4. The van der Waals surface area contributed by atoms with Crippen molar-refractivity contribution in [1.82, 2.24) is 17.9 Å². The highest BCUT2D eigenvalue weighted by atomic mass is 79.9. The van der Waals surface area contributed by atoms with E-state index in [4.69, 9.17) is 32.5 Å². The normalized spacial score (nSPS) is 15.7. The first-order valence-corrected chi connectivity index (χ1v) is 19.7. The predicted octanol–water partition coefficient (Wildman–Crippen LogP) is 7.53. The van der Waals surface area contributed by atoms with Crippen LogP contribution in [0.5, 0.6) is 0 Å². The Hall–Kier alpha value is -3.24. The van der Waals surface area contributed by atoms with Gasteiger partial charge < -0.3 is 9.31 Å². The summed E-state index contributed by atoms with van der Waals surface area (Å²) in [6.45, 7) is 11.6. The number of aryl methyl sites for hydroxylation is 2. The van der Waals surface area contributed by atoms with Gasteiger partial charge in [-0.2, -0.15) is 0 Å². The molecular weight excluding hydrogens is 786 g/mol. The fraction of sp³-hybridized carbons (Fsp3) is 0.235. The highest BCUT2D eigenvalue weighted by Crippen LogP contribution is 2.37. The molecule has 0 atom stereocenters. The van der Waals surface area contributed by atoms with Gasteiger partial charge in [0.15, 0.2) is 11.3 Å². The van der Waals surface area contributed by atoms with E-state index in [0.29, 0.717) is 36.4 Å². The van der Waals surface area contributed by atoms with Gasteiger partial charge in [-0.25, -0.2) is 34.7 Å². The van der Waals surface area contributed by atoms with Gasteiger partial charge in [0, 0.05) is 45.5 Å². The topological polar surface area (TPSA) is 122 Å². The lowest BCUT2D eigenvalue weighted by atomic mass is 9.79. The van der Waals surface area contributed by atoms with Gasteiger partial charge in [0.25, 0.3) is 20.0 Å². The summed E-state index contributed by atoms with van der Waals surface area (Å²) < 4.78 is 67.4. The van der Waals surface area contributed by atoms with E-state index in [1.165, 1.54) is 28.8 Å². The lowest BCUT2D eigenvalue weighted by Crippen LogP contribution is -2.41. The Bertz CT molecular complexity index is 2470. The Balaban J connectivity index is 0.000000182. The van der Waals surface area contributed by atoms with E-state index in [9.17, 15) is 16.8 Å². The number of hydrogen-bond donors (Lipinski definition) is 0. The smallest absolute Gasteiger partial charge is 0.399 e. The zero-order valence-electron chi connectivity index (χ0n) is 27.8. The van der Waals surface area contributed by atoms with Crippen molar-refractivity contribution in [2.24, 2.45) is 0 Å². The monoisotopic (exact) mass is 816 g/mol. The van der Waals surface area contributed by atoms with Crippen molar-refractivity contribution in [3.8, 4) is 0 Å². The van der Waals surface area contributed by atoms with Crippen molar-refractivity contribution in [2.45, 2.75) is 62.5 Å². The van der Waals surface area contributed by atoms with E-state index in [2.05, 4.69) is 25.9 Å². The molecule has 50 heavy (non-hydrogen) atoms. The van der Waals surface area contributed by atoms with Crippen LogP contribution in [0.25, 0.3) is 22.1 Å². The van der Waals surface area contributed by atoms with E-state index >= 15 is 0 Å². The van der Waals surface area contributed by atoms with Crippen LogP contribution in [0.15, 0.2) is 99.7 Å². The molecule has 0 radical (unpaired) electrons. The quantitative estimate of drug-likeness (QED) is 0.164. The van der Waals surface area contributed by atoms with Gasteiger partial charge in [-0.15, -0.1) is 0 Å². The predicted molar refractivity (Wildman–Crippen MR) is 200 cm³/mol. The molecule has 0 aliphatic carbocycles. The molecule has 10 nitrogen and oxygen atoms in total. The summed E-state index contributed by atoms with van der Waals surface area (Å²) in [6.07, 6.45) is 5.87. The first-order chi connectivity index (χ1) is 23.3. The zero-order chi connectivity index (χ0) is 36.4. The van der Waals surface area contributed by atoms with E-state index < -0.39 is 38.4 Å². The van der Waals surface area contributed by atoms with Crippen molar-refractivity contribution >= 4 is 93.8 Å². The molecule has 4 aromatic heterocycles. The number of halogens is 3. The largest absolute Gasteiger partial charge is 0.497 e. The van der Waals surface area contributed by atoms with Gasteiger partial charge in [-0.05, 0) is 93.9 Å². The fourth-order valence-corrected chi connectivity index (χ4v) is 8.87. The maximum Gasteiger partial charge on any atom is 0.497 e. The van der Waals surface area contributed by atoms with Crippen LogP contribution in [0.2, 0.25) is 10.0 Å². The average molecular weight is 818 g/mol.